The summed E-state index contributed by atoms with van der Waals surface area (Å²) in [5, 5.41) is 3.25. The zero-order valence-electron chi connectivity index (χ0n) is 11.0. The molecule has 0 fully saturated rings. The van der Waals surface area contributed by atoms with Gasteiger partial charge in [0, 0.05) is 10.7 Å². The Morgan fingerprint density at radius 2 is 2.05 bits per heavy atom. The molecule has 2 rings (SSSR count). The number of pyridine rings is 1. The second-order valence-electron chi connectivity index (χ2n) is 4.40. The molecular formula is C15H15BrF2N2. The molecule has 5 heteroatoms. The molecule has 0 saturated heterocycles. The summed E-state index contributed by atoms with van der Waals surface area (Å²) in [6, 6.07) is 7.77. The lowest BCUT2D eigenvalue weighted by Crippen LogP contribution is -2.24. The van der Waals surface area contributed by atoms with Gasteiger partial charge in [-0.3, -0.25) is 4.98 Å². The molecule has 1 N–H and O–H groups in total. The van der Waals surface area contributed by atoms with E-state index in [1.165, 1.54) is 6.07 Å². The Hall–Kier alpha value is -1.33. The number of rotatable bonds is 5. The zero-order valence-corrected chi connectivity index (χ0v) is 12.6. The van der Waals surface area contributed by atoms with Crippen LogP contribution in [0.25, 0.3) is 0 Å². The third-order valence-corrected chi connectivity index (χ3v) is 3.69. The highest BCUT2D eigenvalue weighted by Crippen LogP contribution is 2.25. The van der Waals surface area contributed by atoms with Gasteiger partial charge in [-0.15, -0.1) is 0 Å². The second kappa shape index (κ2) is 6.90. The van der Waals surface area contributed by atoms with Gasteiger partial charge < -0.3 is 5.32 Å². The average molecular weight is 341 g/mol. The first-order valence-electron chi connectivity index (χ1n) is 6.40. The first kappa shape index (κ1) is 15.1. The van der Waals surface area contributed by atoms with Gasteiger partial charge in [-0.25, -0.2) is 8.78 Å². The van der Waals surface area contributed by atoms with Gasteiger partial charge in [-0.2, -0.15) is 0 Å². The molecule has 0 spiro atoms. The van der Waals surface area contributed by atoms with Crippen LogP contribution >= 0.6 is 15.9 Å². The Morgan fingerprint density at radius 1 is 1.25 bits per heavy atom. The van der Waals surface area contributed by atoms with E-state index in [1.54, 1.807) is 12.3 Å². The molecule has 0 aliphatic rings. The van der Waals surface area contributed by atoms with Crippen molar-refractivity contribution >= 4 is 15.9 Å². The molecule has 0 amide bonds. The smallest absolute Gasteiger partial charge is 0.162 e. The molecule has 106 valence electrons. The fraction of sp³-hybridized carbons (Fsp3) is 0.267. The highest BCUT2D eigenvalue weighted by Gasteiger charge is 2.18. The maximum atomic E-state index is 13.8. The Balaban J connectivity index is 2.31. The van der Waals surface area contributed by atoms with E-state index in [-0.39, 0.29) is 6.04 Å². The third-order valence-electron chi connectivity index (χ3n) is 3.02. The molecule has 0 saturated carbocycles. The van der Waals surface area contributed by atoms with E-state index in [0.29, 0.717) is 18.5 Å². The van der Waals surface area contributed by atoms with Gasteiger partial charge in [-0.05, 0) is 52.7 Å². The van der Waals surface area contributed by atoms with Crippen molar-refractivity contribution in [2.45, 2.75) is 19.4 Å². The van der Waals surface area contributed by atoms with Crippen LogP contribution in [0.4, 0.5) is 8.78 Å². The summed E-state index contributed by atoms with van der Waals surface area (Å²) in [5.74, 6) is -1.61. The van der Waals surface area contributed by atoms with Crippen molar-refractivity contribution in [1.29, 1.82) is 0 Å². The van der Waals surface area contributed by atoms with Crippen molar-refractivity contribution in [3.8, 4) is 0 Å². The number of aromatic nitrogens is 1. The molecule has 1 unspecified atom stereocenters. The highest BCUT2D eigenvalue weighted by molar-refractivity contribution is 9.10. The molecule has 0 aliphatic carbocycles. The molecule has 1 heterocycles. The Labute approximate surface area is 125 Å². The normalized spacial score (nSPS) is 12.4. The fourth-order valence-electron chi connectivity index (χ4n) is 2.09. The number of halogens is 3. The predicted molar refractivity (Wildman–Crippen MR) is 78.4 cm³/mol. The minimum Gasteiger partial charge on any atom is -0.309 e. The maximum Gasteiger partial charge on any atom is 0.162 e. The number of hydrogen-bond acceptors (Lipinski definition) is 2. The van der Waals surface area contributed by atoms with Gasteiger partial charge in [-0.1, -0.05) is 19.1 Å². The van der Waals surface area contributed by atoms with Gasteiger partial charge in [0.2, 0.25) is 0 Å². The predicted octanol–water partition coefficient (Wildman–Crippen LogP) is 4.02. The van der Waals surface area contributed by atoms with Crippen LogP contribution in [0.2, 0.25) is 0 Å². The van der Waals surface area contributed by atoms with Gasteiger partial charge in [0.1, 0.15) is 0 Å². The van der Waals surface area contributed by atoms with E-state index >= 15 is 0 Å². The van der Waals surface area contributed by atoms with E-state index in [9.17, 15) is 8.78 Å². The SMILES string of the molecule is CCNC(Cc1cccc(F)c1F)c1ncccc1Br. The summed E-state index contributed by atoms with van der Waals surface area (Å²) < 4.78 is 27.9. The van der Waals surface area contributed by atoms with Crippen molar-refractivity contribution in [3.63, 3.8) is 0 Å². The van der Waals surface area contributed by atoms with Crippen molar-refractivity contribution in [3.05, 3.63) is 63.9 Å². The number of nitrogens with one attached hydrogen (secondary N) is 1. The molecular weight excluding hydrogens is 326 g/mol. The zero-order chi connectivity index (χ0) is 14.5. The van der Waals surface area contributed by atoms with Crippen LogP contribution < -0.4 is 5.32 Å². The van der Waals surface area contributed by atoms with Gasteiger partial charge >= 0.3 is 0 Å². The molecule has 1 aromatic heterocycles. The topological polar surface area (TPSA) is 24.9 Å². The van der Waals surface area contributed by atoms with Crippen LogP contribution in [0, 0.1) is 11.6 Å². The molecule has 1 atom stereocenters. The fourth-order valence-corrected chi connectivity index (χ4v) is 2.62. The van der Waals surface area contributed by atoms with E-state index in [0.717, 1.165) is 16.2 Å². The first-order valence-corrected chi connectivity index (χ1v) is 7.19. The van der Waals surface area contributed by atoms with Crippen molar-refractivity contribution in [2.75, 3.05) is 6.54 Å². The second-order valence-corrected chi connectivity index (χ2v) is 5.25. The third kappa shape index (κ3) is 3.41. The standard InChI is InChI=1S/C15H15BrF2N2/c1-2-19-13(15-11(16)6-4-8-20-15)9-10-5-3-7-12(17)14(10)18/h3-8,13,19H,2,9H2,1H3. The highest BCUT2D eigenvalue weighted by atomic mass is 79.9. The lowest BCUT2D eigenvalue weighted by Gasteiger charge is -2.19. The molecule has 0 radical (unpaired) electrons. The number of likely N-dealkylation sites (N-methyl/N-ethyl adjacent to an activating group) is 1. The Kier molecular flexibility index (Phi) is 5.20. The summed E-state index contributed by atoms with van der Waals surface area (Å²) in [6.07, 6.45) is 2.03. The van der Waals surface area contributed by atoms with Crippen LogP contribution in [0.1, 0.15) is 24.2 Å². The molecule has 1 aromatic carbocycles. The Bertz CT molecular complexity index is 590. The van der Waals surface area contributed by atoms with Crippen LogP contribution in [0.15, 0.2) is 41.0 Å². The van der Waals surface area contributed by atoms with E-state index in [4.69, 9.17) is 0 Å². The quantitative estimate of drug-likeness (QED) is 0.889. The molecule has 2 aromatic rings. The lowest BCUT2D eigenvalue weighted by atomic mass is 10.0. The number of nitrogens with zero attached hydrogens (tertiary/aromatic N) is 1. The molecule has 20 heavy (non-hydrogen) atoms. The van der Waals surface area contributed by atoms with Crippen LogP contribution in [-0.4, -0.2) is 11.5 Å². The monoisotopic (exact) mass is 340 g/mol. The molecule has 0 bridgehead atoms. The minimum atomic E-state index is -0.821. The van der Waals surface area contributed by atoms with Gasteiger partial charge in [0.25, 0.3) is 0 Å². The summed E-state index contributed by atoms with van der Waals surface area (Å²) in [5.41, 5.74) is 1.13. The van der Waals surface area contributed by atoms with Crippen LogP contribution in [-0.2, 0) is 6.42 Å². The van der Waals surface area contributed by atoms with Crippen LogP contribution in [0.5, 0.6) is 0 Å². The summed E-state index contributed by atoms with van der Waals surface area (Å²) >= 11 is 3.44. The van der Waals surface area contributed by atoms with E-state index < -0.39 is 11.6 Å². The van der Waals surface area contributed by atoms with Gasteiger partial charge in [0.15, 0.2) is 11.6 Å². The van der Waals surface area contributed by atoms with Crippen LogP contribution in [0.3, 0.4) is 0 Å². The summed E-state index contributed by atoms with van der Waals surface area (Å²) in [6.45, 7) is 2.68. The summed E-state index contributed by atoms with van der Waals surface area (Å²) in [7, 11) is 0. The average Bonchev–Trinajstić information content (AvgIpc) is 2.44. The molecule has 0 aliphatic heterocycles. The van der Waals surface area contributed by atoms with Crippen molar-refractivity contribution < 1.29 is 8.78 Å². The van der Waals surface area contributed by atoms with E-state index in [1.807, 2.05) is 19.1 Å². The lowest BCUT2D eigenvalue weighted by molar-refractivity contribution is 0.477. The molecule has 2 nitrogen and oxygen atoms in total. The number of hydrogen-bond donors (Lipinski definition) is 1. The van der Waals surface area contributed by atoms with Crippen molar-refractivity contribution in [2.24, 2.45) is 0 Å². The van der Waals surface area contributed by atoms with E-state index in [2.05, 4.69) is 26.2 Å². The van der Waals surface area contributed by atoms with Crippen molar-refractivity contribution in [1.82, 2.24) is 10.3 Å². The maximum absolute atomic E-state index is 13.8. The van der Waals surface area contributed by atoms with Gasteiger partial charge in [0.05, 0.1) is 11.7 Å². The summed E-state index contributed by atoms with van der Waals surface area (Å²) in [4.78, 5) is 4.32. The minimum absolute atomic E-state index is 0.174. The Morgan fingerprint density at radius 3 is 2.75 bits per heavy atom. The first-order chi connectivity index (χ1) is 9.63. The largest absolute Gasteiger partial charge is 0.309 e. The number of benzene rings is 1.